The molecule has 1 atom stereocenters. The van der Waals surface area contributed by atoms with Crippen molar-refractivity contribution in [3.05, 3.63) is 110 Å². The maximum absolute atomic E-state index is 13.2. The summed E-state index contributed by atoms with van der Waals surface area (Å²) >= 11 is 7.00. The van der Waals surface area contributed by atoms with Crippen LogP contribution in [0.15, 0.2) is 93.3 Å². The molecule has 0 bridgehead atoms. The van der Waals surface area contributed by atoms with Crippen molar-refractivity contribution in [2.45, 2.75) is 13.0 Å². The lowest BCUT2D eigenvalue weighted by Gasteiger charge is -2.34. The van der Waals surface area contributed by atoms with E-state index < -0.39 is 6.10 Å². The first-order valence-electron chi connectivity index (χ1n) is 10.6. The van der Waals surface area contributed by atoms with Crippen LogP contribution in [0.4, 0.5) is 5.82 Å². The van der Waals surface area contributed by atoms with Crippen LogP contribution in [0.3, 0.4) is 0 Å². The number of rotatable bonds is 4. The highest BCUT2D eigenvalue weighted by atomic mass is 79.9. The fourth-order valence-corrected chi connectivity index (χ4v) is 5.06. The van der Waals surface area contributed by atoms with Crippen molar-refractivity contribution in [1.82, 2.24) is 10.3 Å². The second-order valence-corrected chi connectivity index (χ2v) is 9.75. The molecule has 0 radical (unpaired) electrons. The highest BCUT2D eigenvalue weighted by Crippen LogP contribution is 2.37. The summed E-state index contributed by atoms with van der Waals surface area (Å²) in [5.41, 5.74) is 3.42. The van der Waals surface area contributed by atoms with E-state index >= 15 is 0 Å². The van der Waals surface area contributed by atoms with Crippen LogP contribution in [0.1, 0.15) is 26.3 Å². The Hall–Kier alpha value is -3.23. The van der Waals surface area contributed by atoms with Crippen molar-refractivity contribution in [1.29, 1.82) is 0 Å². The van der Waals surface area contributed by atoms with Gasteiger partial charge in [-0.15, -0.1) is 0 Å². The van der Waals surface area contributed by atoms with Crippen molar-refractivity contribution >= 4 is 49.4 Å². The first-order valence-corrected chi connectivity index (χ1v) is 12.2. The molecule has 2 aromatic carbocycles. The standard InChI is InChI=1S/C26H19Br2N3O3/c1-15-6-8-16(9-7-15)26(33)30-13-18-11-23-20(24(32)19-4-2-3-5-22(19)34-23)14-31(18)25-21(28)10-17(27)12-29-25/h2-12,14,23H,13H2,1H3,(H,30,33). The van der Waals surface area contributed by atoms with Crippen molar-refractivity contribution in [3.8, 4) is 5.75 Å². The van der Waals surface area contributed by atoms with Crippen LogP contribution in [0.5, 0.6) is 5.75 Å². The van der Waals surface area contributed by atoms with E-state index in [4.69, 9.17) is 4.74 Å². The second kappa shape index (κ2) is 9.19. The molecule has 0 spiro atoms. The van der Waals surface area contributed by atoms with Gasteiger partial charge in [-0.05, 0) is 75.2 Å². The average molecular weight is 581 g/mol. The number of nitrogens with one attached hydrogen (secondary N) is 1. The maximum atomic E-state index is 13.2. The number of benzene rings is 2. The predicted octanol–water partition coefficient (Wildman–Crippen LogP) is 5.58. The van der Waals surface area contributed by atoms with E-state index in [1.165, 1.54) is 0 Å². The van der Waals surface area contributed by atoms with Crippen LogP contribution >= 0.6 is 31.9 Å². The third kappa shape index (κ3) is 4.31. The van der Waals surface area contributed by atoms with E-state index in [1.54, 1.807) is 36.7 Å². The molecule has 2 aliphatic rings. The summed E-state index contributed by atoms with van der Waals surface area (Å²) in [6.45, 7) is 2.19. The van der Waals surface area contributed by atoms with E-state index in [-0.39, 0.29) is 18.2 Å². The molecule has 34 heavy (non-hydrogen) atoms. The number of aromatic nitrogens is 1. The lowest BCUT2D eigenvalue weighted by molar-refractivity contribution is 0.0950. The molecule has 3 aromatic rings. The van der Waals surface area contributed by atoms with Gasteiger partial charge < -0.3 is 15.0 Å². The van der Waals surface area contributed by atoms with Crippen LogP contribution in [-0.4, -0.2) is 29.3 Å². The zero-order valence-corrected chi connectivity index (χ0v) is 21.3. The number of Topliss-reactive ketones (excluding diaryl/α,β-unsaturated/α-hetero) is 1. The van der Waals surface area contributed by atoms with Crippen LogP contribution in [-0.2, 0) is 0 Å². The lowest BCUT2D eigenvalue weighted by atomic mass is 9.93. The van der Waals surface area contributed by atoms with Crippen molar-refractivity contribution in [2.75, 3.05) is 11.4 Å². The number of ketones is 1. The number of fused-ring (bicyclic) bond motifs is 2. The molecule has 1 amide bonds. The monoisotopic (exact) mass is 579 g/mol. The van der Waals surface area contributed by atoms with Gasteiger partial charge in [0.15, 0.2) is 11.6 Å². The molecule has 0 aliphatic carbocycles. The molecular weight excluding hydrogens is 562 g/mol. The van der Waals surface area contributed by atoms with Gasteiger partial charge >= 0.3 is 0 Å². The van der Waals surface area contributed by atoms with Crippen molar-refractivity contribution in [2.24, 2.45) is 0 Å². The summed E-state index contributed by atoms with van der Waals surface area (Å²) in [4.78, 5) is 32.3. The molecule has 1 aromatic heterocycles. The third-order valence-corrected chi connectivity index (χ3v) is 6.65. The number of nitrogens with zero attached hydrogens (tertiary/aromatic N) is 2. The topological polar surface area (TPSA) is 71.5 Å². The molecular formula is C26H19Br2N3O3. The molecule has 3 heterocycles. The van der Waals surface area contributed by atoms with Crippen molar-refractivity contribution < 1.29 is 14.3 Å². The Balaban J connectivity index is 1.49. The molecule has 8 heteroatoms. The van der Waals surface area contributed by atoms with Gasteiger partial charge in [0, 0.05) is 28.1 Å². The fourth-order valence-electron chi connectivity index (χ4n) is 3.88. The Morgan fingerprint density at radius 3 is 2.68 bits per heavy atom. The number of halogens is 2. The van der Waals surface area contributed by atoms with E-state index in [1.807, 2.05) is 48.2 Å². The number of amides is 1. The Morgan fingerprint density at radius 1 is 1.15 bits per heavy atom. The summed E-state index contributed by atoms with van der Waals surface area (Å²) < 4.78 is 7.68. The minimum atomic E-state index is -0.556. The molecule has 170 valence electrons. The Bertz CT molecular complexity index is 1370. The molecule has 0 fully saturated rings. The number of carbonyl (C=O) groups is 2. The van der Waals surface area contributed by atoms with Gasteiger partial charge in [-0.3, -0.25) is 9.59 Å². The largest absolute Gasteiger partial charge is 0.481 e. The first-order chi connectivity index (χ1) is 16.4. The van der Waals surface area contributed by atoms with Gasteiger partial charge in [-0.1, -0.05) is 29.8 Å². The molecule has 0 saturated carbocycles. The number of pyridine rings is 1. The molecule has 2 aliphatic heterocycles. The van der Waals surface area contributed by atoms with E-state index in [0.717, 1.165) is 20.2 Å². The quantitative estimate of drug-likeness (QED) is 0.436. The Kier molecular flexibility index (Phi) is 6.10. The lowest BCUT2D eigenvalue weighted by Crippen LogP contribution is -2.39. The summed E-state index contributed by atoms with van der Waals surface area (Å²) in [5.74, 6) is 0.857. The number of carbonyl (C=O) groups excluding carboxylic acids is 2. The van der Waals surface area contributed by atoms with Gasteiger partial charge in [0.05, 0.1) is 22.2 Å². The summed E-state index contributed by atoms with van der Waals surface area (Å²) in [6, 6.07) is 16.5. The SMILES string of the molecule is Cc1ccc(C(=O)NCC2=CC3Oc4ccccc4C(=O)C3=CN2c2ncc(Br)cc2Br)cc1. The number of hydrogen-bond donors (Lipinski definition) is 1. The highest BCUT2D eigenvalue weighted by Gasteiger charge is 2.35. The van der Waals surface area contributed by atoms with E-state index in [0.29, 0.717) is 28.3 Å². The van der Waals surface area contributed by atoms with E-state index in [2.05, 4.69) is 42.2 Å². The maximum Gasteiger partial charge on any atom is 0.251 e. The van der Waals surface area contributed by atoms with E-state index in [9.17, 15) is 9.59 Å². The highest BCUT2D eigenvalue weighted by molar-refractivity contribution is 9.11. The molecule has 0 saturated heterocycles. The van der Waals surface area contributed by atoms with Gasteiger partial charge in [0.1, 0.15) is 11.9 Å². The van der Waals surface area contributed by atoms with Crippen molar-refractivity contribution in [3.63, 3.8) is 0 Å². The van der Waals surface area contributed by atoms with Gasteiger partial charge in [-0.25, -0.2) is 4.98 Å². The van der Waals surface area contributed by atoms with Crippen LogP contribution in [0.25, 0.3) is 0 Å². The number of aryl methyl sites for hydroxylation is 1. The van der Waals surface area contributed by atoms with Crippen LogP contribution < -0.4 is 15.0 Å². The summed E-state index contributed by atoms with van der Waals surface area (Å²) in [5, 5.41) is 2.97. The van der Waals surface area contributed by atoms with Gasteiger partial charge in [0.2, 0.25) is 0 Å². The minimum absolute atomic E-state index is 0.0934. The third-order valence-electron chi connectivity index (χ3n) is 5.64. The second-order valence-electron chi connectivity index (χ2n) is 7.98. The smallest absolute Gasteiger partial charge is 0.251 e. The number of para-hydroxylation sites is 1. The van der Waals surface area contributed by atoms with Gasteiger partial charge in [-0.2, -0.15) is 0 Å². The number of hydrogen-bond acceptors (Lipinski definition) is 5. The fraction of sp³-hybridized carbons (Fsp3) is 0.115. The number of ether oxygens (including phenoxy) is 1. The average Bonchev–Trinajstić information content (AvgIpc) is 2.83. The first kappa shape index (κ1) is 22.6. The normalized spacial score (nSPS) is 16.6. The van der Waals surface area contributed by atoms with Gasteiger partial charge in [0.25, 0.3) is 5.91 Å². The minimum Gasteiger partial charge on any atom is -0.481 e. The Morgan fingerprint density at radius 2 is 1.91 bits per heavy atom. The molecule has 1 unspecified atom stereocenters. The molecule has 6 nitrogen and oxygen atoms in total. The molecule has 5 rings (SSSR count). The predicted molar refractivity (Wildman–Crippen MR) is 137 cm³/mol. The van der Waals surface area contributed by atoms with Crippen LogP contribution in [0, 0.1) is 6.92 Å². The number of anilines is 1. The zero-order chi connectivity index (χ0) is 23.8. The van der Waals surface area contributed by atoms with Crippen LogP contribution in [0.2, 0.25) is 0 Å². The zero-order valence-electron chi connectivity index (χ0n) is 18.1. The Labute approximate surface area is 213 Å². The summed E-state index contributed by atoms with van der Waals surface area (Å²) in [6.07, 6.45) is 4.73. The summed E-state index contributed by atoms with van der Waals surface area (Å²) in [7, 11) is 0. The molecule has 1 N–H and O–H groups in total.